The summed E-state index contributed by atoms with van der Waals surface area (Å²) in [6.45, 7) is 6.79. The highest BCUT2D eigenvalue weighted by atomic mass is 16.5. The van der Waals surface area contributed by atoms with E-state index in [0.717, 1.165) is 38.0 Å². The van der Waals surface area contributed by atoms with Crippen LogP contribution in [-0.4, -0.2) is 37.0 Å². The van der Waals surface area contributed by atoms with Crippen LogP contribution in [0.2, 0.25) is 0 Å². The van der Waals surface area contributed by atoms with Crippen LogP contribution in [-0.2, 0) is 22.7 Å². The normalized spacial score (nSPS) is 15.6. The van der Waals surface area contributed by atoms with Gasteiger partial charge in [0.05, 0.1) is 13.2 Å². The van der Waals surface area contributed by atoms with Gasteiger partial charge in [-0.3, -0.25) is 9.69 Å². The van der Waals surface area contributed by atoms with Crippen molar-refractivity contribution in [3.8, 4) is 0 Å². The van der Waals surface area contributed by atoms with Crippen molar-refractivity contribution >= 4 is 5.91 Å². The molecule has 4 nitrogen and oxygen atoms in total. The van der Waals surface area contributed by atoms with Gasteiger partial charge in [-0.1, -0.05) is 60.2 Å². The fourth-order valence-electron chi connectivity index (χ4n) is 3.58. The highest BCUT2D eigenvalue weighted by Gasteiger charge is 2.24. The molecule has 27 heavy (non-hydrogen) atoms. The third-order valence-corrected chi connectivity index (χ3v) is 5.10. The summed E-state index contributed by atoms with van der Waals surface area (Å²) in [6.07, 6.45) is 1.87. The van der Waals surface area contributed by atoms with Gasteiger partial charge in [0.2, 0.25) is 5.91 Å². The van der Waals surface area contributed by atoms with E-state index < -0.39 is 0 Å². The van der Waals surface area contributed by atoms with Crippen LogP contribution >= 0.6 is 0 Å². The number of nitrogens with one attached hydrogen (secondary N) is 1. The first-order valence-electron chi connectivity index (χ1n) is 9.88. The molecule has 0 aromatic heterocycles. The highest BCUT2D eigenvalue weighted by Crippen LogP contribution is 2.19. The standard InChI is InChI=1S/C23H30N2O2/c1-19-6-5-9-21(16-19)17-25-13-10-22(11-14-25)23(26)24-12-15-27-18-20-7-3-2-4-8-20/h2-9,16,22H,10-15,17-18H2,1H3,(H,24,26). The molecule has 1 saturated heterocycles. The second-order valence-electron chi connectivity index (χ2n) is 7.37. The van der Waals surface area contributed by atoms with Gasteiger partial charge in [0, 0.05) is 19.0 Å². The largest absolute Gasteiger partial charge is 0.375 e. The summed E-state index contributed by atoms with van der Waals surface area (Å²) in [5, 5.41) is 3.03. The van der Waals surface area contributed by atoms with Crippen LogP contribution in [0.15, 0.2) is 54.6 Å². The maximum absolute atomic E-state index is 12.4. The van der Waals surface area contributed by atoms with Gasteiger partial charge < -0.3 is 10.1 Å². The molecule has 1 aliphatic heterocycles. The van der Waals surface area contributed by atoms with Crippen LogP contribution in [0.4, 0.5) is 0 Å². The Kier molecular flexibility index (Phi) is 7.43. The lowest BCUT2D eigenvalue weighted by Gasteiger charge is -2.31. The van der Waals surface area contributed by atoms with Gasteiger partial charge in [-0.05, 0) is 44.0 Å². The number of hydrogen-bond donors (Lipinski definition) is 1. The van der Waals surface area contributed by atoms with E-state index in [2.05, 4.69) is 41.4 Å². The average Bonchev–Trinajstić information content (AvgIpc) is 2.69. The van der Waals surface area contributed by atoms with E-state index in [1.54, 1.807) is 0 Å². The molecule has 2 aromatic carbocycles. The molecule has 1 aliphatic rings. The van der Waals surface area contributed by atoms with Crippen LogP contribution in [0.25, 0.3) is 0 Å². The van der Waals surface area contributed by atoms with Crippen LogP contribution in [0.3, 0.4) is 0 Å². The smallest absolute Gasteiger partial charge is 0.223 e. The van der Waals surface area contributed by atoms with Crippen molar-refractivity contribution in [3.63, 3.8) is 0 Å². The van der Waals surface area contributed by atoms with E-state index in [9.17, 15) is 4.79 Å². The molecule has 0 aliphatic carbocycles. The number of piperidine rings is 1. The molecule has 0 saturated carbocycles. The third-order valence-electron chi connectivity index (χ3n) is 5.10. The van der Waals surface area contributed by atoms with Gasteiger partial charge in [-0.2, -0.15) is 0 Å². The molecule has 1 fully saturated rings. The van der Waals surface area contributed by atoms with Gasteiger partial charge in [-0.25, -0.2) is 0 Å². The number of likely N-dealkylation sites (tertiary alicyclic amines) is 1. The molecule has 4 heteroatoms. The Morgan fingerprint density at radius 2 is 1.81 bits per heavy atom. The molecule has 0 unspecified atom stereocenters. The monoisotopic (exact) mass is 366 g/mol. The van der Waals surface area contributed by atoms with E-state index in [1.165, 1.54) is 11.1 Å². The summed E-state index contributed by atoms with van der Waals surface area (Å²) < 4.78 is 5.63. The van der Waals surface area contributed by atoms with Gasteiger partial charge in [0.15, 0.2) is 0 Å². The first-order chi connectivity index (χ1) is 13.2. The number of benzene rings is 2. The molecular weight excluding hydrogens is 336 g/mol. The van der Waals surface area contributed by atoms with Crippen molar-refractivity contribution in [2.24, 2.45) is 5.92 Å². The molecular formula is C23H30N2O2. The Labute approximate surface area is 162 Å². The molecule has 0 radical (unpaired) electrons. The molecule has 1 heterocycles. The summed E-state index contributed by atoms with van der Waals surface area (Å²) in [7, 11) is 0. The quantitative estimate of drug-likeness (QED) is 0.727. The Morgan fingerprint density at radius 3 is 2.56 bits per heavy atom. The maximum atomic E-state index is 12.4. The van der Waals surface area contributed by atoms with Gasteiger partial charge in [-0.15, -0.1) is 0 Å². The maximum Gasteiger partial charge on any atom is 0.223 e. The molecule has 2 aromatic rings. The van der Waals surface area contributed by atoms with Crippen molar-refractivity contribution in [2.45, 2.75) is 32.9 Å². The van der Waals surface area contributed by atoms with Gasteiger partial charge >= 0.3 is 0 Å². The number of aryl methyl sites for hydroxylation is 1. The zero-order valence-corrected chi connectivity index (χ0v) is 16.2. The van der Waals surface area contributed by atoms with Crippen LogP contribution in [0.1, 0.15) is 29.5 Å². The fraction of sp³-hybridized carbons (Fsp3) is 0.435. The molecule has 1 amide bonds. The highest BCUT2D eigenvalue weighted by molar-refractivity contribution is 5.78. The summed E-state index contributed by atoms with van der Waals surface area (Å²) in [5.41, 5.74) is 3.81. The average molecular weight is 367 g/mol. The van der Waals surface area contributed by atoms with E-state index in [1.807, 2.05) is 30.3 Å². The summed E-state index contributed by atoms with van der Waals surface area (Å²) >= 11 is 0. The lowest BCUT2D eigenvalue weighted by atomic mass is 9.95. The minimum absolute atomic E-state index is 0.132. The van der Waals surface area contributed by atoms with Crippen molar-refractivity contribution in [1.82, 2.24) is 10.2 Å². The van der Waals surface area contributed by atoms with Crippen LogP contribution in [0.5, 0.6) is 0 Å². The molecule has 0 spiro atoms. The minimum atomic E-state index is 0.132. The van der Waals surface area contributed by atoms with Crippen molar-refractivity contribution < 1.29 is 9.53 Å². The van der Waals surface area contributed by atoms with Crippen LogP contribution < -0.4 is 5.32 Å². The summed E-state index contributed by atoms with van der Waals surface area (Å²) in [6, 6.07) is 18.8. The first-order valence-corrected chi connectivity index (χ1v) is 9.88. The zero-order valence-electron chi connectivity index (χ0n) is 16.2. The van der Waals surface area contributed by atoms with E-state index in [0.29, 0.717) is 19.8 Å². The molecule has 3 rings (SSSR count). The van der Waals surface area contributed by atoms with E-state index >= 15 is 0 Å². The number of hydrogen-bond acceptors (Lipinski definition) is 3. The number of carbonyl (C=O) groups is 1. The Bertz CT molecular complexity index is 709. The van der Waals surface area contributed by atoms with Crippen LogP contribution in [0, 0.1) is 12.8 Å². The Hall–Kier alpha value is -2.17. The molecule has 0 atom stereocenters. The summed E-state index contributed by atoms with van der Waals surface area (Å²) in [4.78, 5) is 14.8. The topological polar surface area (TPSA) is 41.6 Å². The molecule has 1 N–H and O–H groups in total. The second kappa shape index (κ2) is 10.2. The minimum Gasteiger partial charge on any atom is -0.375 e. The lowest BCUT2D eigenvalue weighted by Crippen LogP contribution is -2.41. The molecule has 0 bridgehead atoms. The van der Waals surface area contributed by atoms with Gasteiger partial charge in [0.1, 0.15) is 0 Å². The summed E-state index contributed by atoms with van der Waals surface area (Å²) in [5.74, 6) is 0.307. The number of nitrogens with zero attached hydrogens (tertiary/aromatic N) is 1. The van der Waals surface area contributed by atoms with E-state index in [4.69, 9.17) is 4.74 Å². The molecule has 144 valence electrons. The predicted octanol–water partition coefficient (Wildman–Crippen LogP) is 3.54. The SMILES string of the molecule is Cc1cccc(CN2CCC(C(=O)NCCOCc3ccccc3)CC2)c1. The number of amides is 1. The predicted molar refractivity (Wildman–Crippen MR) is 108 cm³/mol. The van der Waals surface area contributed by atoms with Crippen molar-refractivity contribution in [2.75, 3.05) is 26.2 Å². The number of ether oxygens (including phenoxy) is 1. The number of rotatable bonds is 8. The number of carbonyl (C=O) groups excluding carboxylic acids is 1. The first kappa shape index (κ1) is 19.6. The Balaban J connectivity index is 1.30. The Morgan fingerprint density at radius 1 is 1.07 bits per heavy atom. The second-order valence-corrected chi connectivity index (χ2v) is 7.37. The lowest BCUT2D eigenvalue weighted by molar-refractivity contribution is -0.126. The van der Waals surface area contributed by atoms with Crippen molar-refractivity contribution in [3.05, 3.63) is 71.3 Å². The van der Waals surface area contributed by atoms with Gasteiger partial charge in [0.25, 0.3) is 0 Å². The zero-order chi connectivity index (χ0) is 18.9. The third kappa shape index (κ3) is 6.49. The van der Waals surface area contributed by atoms with Crippen molar-refractivity contribution in [1.29, 1.82) is 0 Å². The van der Waals surface area contributed by atoms with E-state index in [-0.39, 0.29) is 11.8 Å². The fourth-order valence-corrected chi connectivity index (χ4v) is 3.58.